The number of methoxy groups -OCH3 is 1. The highest BCUT2D eigenvalue weighted by atomic mass is 16.5. The minimum absolute atomic E-state index is 0.237. The zero-order valence-electron chi connectivity index (χ0n) is 11.4. The first kappa shape index (κ1) is 13.1. The predicted octanol–water partition coefficient (Wildman–Crippen LogP) is 2.79. The Morgan fingerprint density at radius 1 is 1.14 bits per heavy atom. The number of fused-ring (bicyclic) bond motifs is 1. The number of ether oxygens (including phenoxy) is 1. The van der Waals surface area contributed by atoms with Crippen molar-refractivity contribution < 1.29 is 9.53 Å². The molecule has 0 spiro atoms. The van der Waals surface area contributed by atoms with Gasteiger partial charge >= 0.3 is 0 Å². The zero-order valence-corrected chi connectivity index (χ0v) is 11.4. The van der Waals surface area contributed by atoms with Gasteiger partial charge in [-0.1, -0.05) is 29.5 Å². The first-order chi connectivity index (χ1) is 10.3. The molecule has 0 aliphatic carbocycles. The van der Waals surface area contributed by atoms with Crippen molar-refractivity contribution in [3.8, 4) is 5.75 Å². The second-order valence-corrected chi connectivity index (χ2v) is 4.43. The summed E-state index contributed by atoms with van der Waals surface area (Å²) in [5.41, 5.74) is 2.30. The summed E-state index contributed by atoms with van der Waals surface area (Å²) < 4.78 is 6.38. The maximum absolute atomic E-state index is 12.2. The van der Waals surface area contributed by atoms with Gasteiger partial charge in [-0.05, 0) is 35.9 Å². The Labute approximate surface area is 121 Å². The molecule has 0 saturated carbocycles. The van der Waals surface area contributed by atoms with Crippen LogP contribution in [0.5, 0.6) is 5.75 Å². The van der Waals surface area contributed by atoms with Gasteiger partial charge in [0.05, 0.1) is 12.6 Å². The standard InChI is InChI=1S/C16H13N3O2/c1-21-13-9-6-12(7-10-13)8-11-16(20)19-15-5-3-2-4-14(15)17-18-19/h2-11H,1H3/b11-8-. The van der Waals surface area contributed by atoms with Crippen LogP contribution < -0.4 is 4.74 Å². The molecule has 21 heavy (non-hydrogen) atoms. The molecule has 0 atom stereocenters. The van der Waals surface area contributed by atoms with Crippen molar-refractivity contribution in [1.82, 2.24) is 15.0 Å². The molecule has 3 aromatic rings. The fraction of sp³-hybridized carbons (Fsp3) is 0.0625. The molecule has 1 heterocycles. The number of aromatic nitrogens is 3. The summed E-state index contributed by atoms with van der Waals surface area (Å²) in [5, 5.41) is 7.84. The number of nitrogens with zero attached hydrogens (tertiary/aromatic N) is 3. The summed E-state index contributed by atoms with van der Waals surface area (Å²) in [7, 11) is 1.62. The smallest absolute Gasteiger partial charge is 0.272 e. The van der Waals surface area contributed by atoms with Crippen LogP contribution in [0.4, 0.5) is 0 Å². The number of allylic oxidation sites excluding steroid dienone is 1. The van der Waals surface area contributed by atoms with Crippen molar-refractivity contribution >= 4 is 23.0 Å². The average molecular weight is 279 g/mol. The van der Waals surface area contributed by atoms with E-state index in [9.17, 15) is 4.79 Å². The first-order valence-corrected chi connectivity index (χ1v) is 6.45. The quantitative estimate of drug-likeness (QED) is 0.692. The van der Waals surface area contributed by atoms with E-state index >= 15 is 0 Å². The molecule has 0 radical (unpaired) electrons. The van der Waals surface area contributed by atoms with Crippen LogP contribution in [0.2, 0.25) is 0 Å². The third-order valence-electron chi connectivity index (χ3n) is 3.09. The van der Waals surface area contributed by atoms with Gasteiger partial charge in [-0.2, -0.15) is 4.68 Å². The summed E-state index contributed by atoms with van der Waals surface area (Å²) in [6, 6.07) is 14.8. The minimum Gasteiger partial charge on any atom is -0.497 e. The number of hydrogen-bond acceptors (Lipinski definition) is 4. The number of carbonyl (C=O) groups excluding carboxylic acids is 1. The number of carbonyl (C=O) groups is 1. The molecule has 3 rings (SSSR count). The minimum atomic E-state index is -0.237. The molecule has 0 bridgehead atoms. The predicted molar refractivity (Wildman–Crippen MR) is 80.2 cm³/mol. The maximum Gasteiger partial charge on any atom is 0.272 e. The van der Waals surface area contributed by atoms with Crippen molar-refractivity contribution in [3.05, 3.63) is 60.2 Å². The van der Waals surface area contributed by atoms with Crippen LogP contribution in [0.15, 0.2) is 54.6 Å². The topological polar surface area (TPSA) is 57.0 Å². The lowest BCUT2D eigenvalue weighted by Gasteiger charge is -1.99. The Hall–Kier alpha value is -2.95. The van der Waals surface area contributed by atoms with E-state index < -0.39 is 0 Å². The number of benzene rings is 2. The van der Waals surface area contributed by atoms with Gasteiger partial charge in [-0.15, -0.1) is 5.10 Å². The normalized spacial score (nSPS) is 11.1. The van der Waals surface area contributed by atoms with Gasteiger partial charge in [0.2, 0.25) is 0 Å². The summed E-state index contributed by atoms with van der Waals surface area (Å²) in [6.07, 6.45) is 3.21. The van der Waals surface area contributed by atoms with Crippen LogP contribution in [0.3, 0.4) is 0 Å². The van der Waals surface area contributed by atoms with Crippen LogP contribution in [0, 0.1) is 0 Å². The third-order valence-corrected chi connectivity index (χ3v) is 3.09. The highest BCUT2D eigenvalue weighted by Crippen LogP contribution is 2.13. The van der Waals surface area contributed by atoms with Crippen molar-refractivity contribution in [2.24, 2.45) is 0 Å². The molecular weight excluding hydrogens is 266 g/mol. The second-order valence-electron chi connectivity index (χ2n) is 4.43. The zero-order chi connectivity index (χ0) is 14.7. The summed E-state index contributed by atoms with van der Waals surface area (Å²) in [4.78, 5) is 12.2. The van der Waals surface area contributed by atoms with Crippen molar-refractivity contribution in [3.63, 3.8) is 0 Å². The van der Waals surface area contributed by atoms with Crippen LogP contribution in [-0.2, 0) is 0 Å². The van der Waals surface area contributed by atoms with Crippen LogP contribution in [0.25, 0.3) is 17.1 Å². The fourth-order valence-electron chi connectivity index (χ4n) is 1.98. The third kappa shape index (κ3) is 2.67. The van der Waals surface area contributed by atoms with Crippen LogP contribution in [0.1, 0.15) is 10.4 Å². The van der Waals surface area contributed by atoms with E-state index in [2.05, 4.69) is 10.3 Å². The molecule has 1 aromatic heterocycles. The van der Waals surface area contributed by atoms with E-state index in [1.807, 2.05) is 48.5 Å². The summed E-state index contributed by atoms with van der Waals surface area (Å²) in [5.74, 6) is 0.542. The lowest BCUT2D eigenvalue weighted by atomic mass is 10.2. The Morgan fingerprint density at radius 3 is 2.67 bits per heavy atom. The van der Waals surface area contributed by atoms with Gasteiger partial charge in [-0.3, -0.25) is 4.79 Å². The Balaban J connectivity index is 1.83. The molecule has 5 heteroatoms. The van der Waals surface area contributed by atoms with E-state index in [0.29, 0.717) is 11.0 Å². The van der Waals surface area contributed by atoms with E-state index in [4.69, 9.17) is 4.74 Å². The molecule has 2 aromatic carbocycles. The van der Waals surface area contributed by atoms with E-state index in [0.717, 1.165) is 11.3 Å². The average Bonchev–Trinajstić information content (AvgIpc) is 2.97. The van der Waals surface area contributed by atoms with Crippen LogP contribution in [-0.4, -0.2) is 28.0 Å². The molecule has 0 N–H and O–H groups in total. The Kier molecular flexibility index (Phi) is 3.47. The van der Waals surface area contributed by atoms with Gasteiger partial charge in [0.1, 0.15) is 11.3 Å². The number of rotatable bonds is 3. The SMILES string of the molecule is COc1ccc(/C=C\C(=O)n2nnc3ccccc32)cc1. The second kappa shape index (κ2) is 5.58. The highest BCUT2D eigenvalue weighted by Gasteiger charge is 2.08. The van der Waals surface area contributed by atoms with Gasteiger partial charge < -0.3 is 4.74 Å². The number of para-hydroxylation sites is 1. The molecule has 0 aliphatic rings. The van der Waals surface area contributed by atoms with Gasteiger partial charge in [0.15, 0.2) is 0 Å². The summed E-state index contributed by atoms with van der Waals surface area (Å²) >= 11 is 0. The Bertz CT molecular complexity index is 804. The largest absolute Gasteiger partial charge is 0.497 e. The fourth-order valence-corrected chi connectivity index (χ4v) is 1.98. The van der Waals surface area contributed by atoms with Crippen molar-refractivity contribution in [1.29, 1.82) is 0 Å². The first-order valence-electron chi connectivity index (χ1n) is 6.45. The highest BCUT2D eigenvalue weighted by molar-refractivity contribution is 5.98. The van der Waals surface area contributed by atoms with Gasteiger partial charge in [0, 0.05) is 6.08 Å². The molecule has 0 unspecified atom stereocenters. The van der Waals surface area contributed by atoms with E-state index in [-0.39, 0.29) is 5.91 Å². The van der Waals surface area contributed by atoms with Gasteiger partial charge in [-0.25, -0.2) is 0 Å². The Morgan fingerprint density at radius 2 is 1.90 bits per heavy atom. The van der Waals surface area contributed by atoms with Crippen molar-refractivity contribution in [2.45, 2.75) is 0 Å². The van der Waals surface area contributed by atoms with Crippen LogP contribution >= 0.6 is 0 Å². The molecule has 0 saturated heterocycles. The van der Waals surface area contributed by atoms with Gasteiger partial charge in [0.25, 0.3) is 5.91 Å². The van der Waals surface area contributed by atoms with Crippen molar-refractivity contribution in [2.75, 3.05) is 7.11 Å². The lowest BCUT2D eigenvalue weighted by molar-refractivity contribution is 0.0958. The molecular formula is C16H13N3O2. The monoisotopic (exact) mass is 279 g/mol. The molecule has 0 amide bonds. The lowest BCUT2D eigenvalue weighted by Crippen LogP contribution is -2.08. The number of hydrogen-bond donors (Lipinski definition) is 0. The maximum atomic E-state index is 12.2. The molecule has 104 valence electrons. The molecule has 0 aliphatic heterocycles. The van der Waals surface area contributed by atoms with E-state index in [1.165, 1.54) is 10.8 Å². The molecule has 0 fully saturated rings. The van der Waals surface area contributed by atoms with E-state index in [1.54, 1.807) is 13.2 Å². The summed E-state index contributed by atoms with van der Waals surface area (Å²) in [6.45, 7) is 0. The molecule has 5 nitrogen and oxygen atoms in total.